The first-order valence-corrected chi connectivity index (χ1v) is 3.51. The lowest BCUT2D eigenvalue weighted by Crippen LogP contribution is -1.93. The molecule has 0 aliphatic rings. The summed E-state index contributed by atoms with van der Waals surface area (Å²) in [4.78, 5) is 0. The molecule has 0 aliphatic heterocycles. The van der Waals surface area contributed by atoms with Gasteiger partial charge in [-0.1, -0.05) is 0 Å². The Balaban J connectivity index is 3.29. The summed E-state index contributed by atoms with van der Waals surface area (Å²) in [6.07, 6.45) is 0. The largest absolute Gasteiger partial charge is 0.395 e. The first-order valence-electron chi connectivity index (χ1n) is 2.25. The molecule has 0 saturated heterocycles. The van der Waals surface area contributed by atoms with Gasteiger partial charge in [0.15, 0.2) is 0 Å². The van der Waals surface area contributed by atoms with Crippen molar-refractivity contribution in [3.05, 3.63) is 0 Å². The molecule has 0 aromatic carbocycles. The van der Waals surface area contributed by atoms with Crippen molar-refractivity contribution < 1.29 is 0 Å². The van der Waals surface area contributed by atoms with Crippen molar-refractivity contribution in [1.29, 1.82) is 0 Å². The molecule has 0 unspecified atom stereocenters. The van der Waals surface area contributed by atoms with E-state index >= 15 is 0 Å². The van der Waals surface area contributed by atoms with Crippen LogP contribution in [0.3, 0.4) is 0 Å². The summed E-state index contributed by atoms with van der Waals surface area (Å²) in [6, 6.07) is 0. The fourth-order valence-electron chi connectivity index (χ4n) is 0.462. The zero-order chi connectivity index (χ0) is 7.02. The van der Waals surface area contributed by atoms with Gasteiger partial charge >= 0.3 is 0 Å². The molecule has 6 N–H and O–H groups in total. The van der Waals surface area contributed by atoms with Crippen molar-refractivity contribution in [3.63, 3.8) is 0 Å². The SMILES string of the molecule is Nc1sc(S)c(N)c1N. The molecule has 1 rings (SSSR count). The molecule has 9 heavy (non-hydrogen) atoms. The van der Waals surface area contributed by atoms with E-state index in [-0.39, 0.29) is 0 Å². The third-order valence-corrected chi connectivity index (χ3v) is 2.36. The van der Waals surface area contributed by atoms with E-state index in [1.165, 1.54) is 11.3 Å². The molecule has 0 amide bonds. The molecule has 0 fully saturated rings. The summed E-state index contributed by atoms with van der Waals surface area (Å²) in [5, 5.41) is 0.539. The minimum atomic E-state index is 0.449. The van der Waals surface area contributed by atoms with Crippen LogP contribution < -0.4 is 17.2 Å². The van der Waals surface area contributed by atoms with Gasteiger partial charge in [-0.05, 0) is 0 Å². The Hall–Kier alpha value is -0.550. The van der Waals surface area contributed by atoms with Crippen LogP contribution in [0.5, 0.6) is 0 Å². The molecule has 0 spiro atoms. The van der Waals surface area contributed by atoms with E-state index < -0.39 is 0 Å². The van der Waals surface area contributed by atoms with Gasteiger partial charge in [-0.15, -0.1) is 24.0 Å². The minimum absolute atomic E-state index is 0.449. The highest BCUT2D eigenvalue weighted by Gasteiger charge is 2.06. The molecular weight excluding hydrogens is 154 g/mol. The van der Waals surface area contributed by atoms with Crippen LogP contribution in [0.4, 0.5) is 16.4 Å². The van der Waals surface area contributed by atoms with Crippen LogP contribution in [0.1, 0.15) is 0 Å². The van der Waals surface area contributed by atoms with Gasteiger partial charge in [0.2, 0.25) is 0 Å². The van der Waals surface area contributed by atoms with Crippen LogP contribution in [0.25, 0.3) is 0 Å². The summed E-state index contributed by atoms with van der Waals surface area (Å²) < 4.78 is 0.685. The lowest BCUT2D eigenvalue weighted by molar-refractivity contribution is 1.69. The second kappa shape index (κ2) is 2.00. The lowest BCUT2D eigenvalue weighted by atomic mass is 10.4. The second-order valence-corrected chi connectivity index (χ2v) is 3.40. The average Bonchev–Trinajstić information content (AvgIpc) is 1.98. The summed E-state index contributed by atoms with van der Waals surface area (Å²) in [5.41, 5.74) is 17.2. The topological polar surface area (TPSA) is 78.1 Å². The number of hydrogen-bond donors (Lipinski definition) is 4. The Bertz CT molecular complexity index is 207. The van der Waals surface area contributed by atoms with Crippen LogP contribution in [0.15, 0.2) is 4.21 Å². The van der Waals surface area contributed by atoms with Crippen molar-refractivity contribution in [2.45, 2.75) is 4.21 Å². The Labute approximate surface area is 62.2 Å². The third kappa shape index (κ3) is 0.927. The maximum Gasteiger partial charge on any atom is 0.112 e. The number of nitrogen functional groups attached to an aromatic ring is 3. The van der Waals surface area contributed by atoms with Gasteiger partial charge in [0, 0.05) is 0 Å². The molecule has 0 aliphatic carbocycles. The standard InChI is InChI=1S/C4H7N3S2/c5-1-2(6)4(8)9-3(1)7/h8H,5-7H2. The number of thiophene rings is 1. The summed E-state index contributed by atoms with van der Waals surface area (Å²) >= 11 is 5.31. The van der Waals surface area contributed by atoms with Crippen LogP contribution in [-0.4, -0.2) is 0 Å². The highest BCUT2D eigenvalue weighted by molar-refractivity contribution is 7.83. The van der Waals surface area contributed by atoms with E-state index in [4.69, 9.17) is 17.2 Å². The van der Waals surface area contributed by atoms with E-state index in [2.05, 4.69) is 12.6 Å². The zero-order valence-corrected chi connectivity index (χ0v) is 6.30. The van der Waals surface area contributed by atoms with E-state index in [1.807, 2.05) is 0 Å². The van der Waals surface area contributed by atoms with Gasteiger partial charge in [0.05, 0.1) is 15.6 Å². The fourth-order valence-corrected chi connectivity index (χ4v) is 1.53. The highest BCUT2D eigenvalue weighted by atomic mass is 32.2. The van der Waals surface area contributed by atoms with Crippen LogP contribution in [0, 0.1) is 0 Å². The molecule has 1 heterocycles. The summed E-state index contributed by atoms with van der Waals surface area (Å²) in [5.74, 6) is 0. The predicted octanol–water partition coefficient (Wildman–Crippen LogP) is 0.783. The van der Waals surface area contributed by atoms with E-state index in [9.17, 15) is 0 Å². The smallest absolute Gasteiger partial charge is 0.112 e. The maximum atomic E-state index is 5.43. The van der Waals surface area contributed by atoms with Crippen LogP contribution in [0.2, 0.25) is 0 Å². The molecule has 1 aromatic heterocycles. The van der Waals surface area contributed by atoms with Crippen LogP contribution >= 0.6 is 24.0 Å². The molecule has 0 radical (unpaired) electrons. The normalized spacial score (nSPS) is 9.89. The number of nitrogens with two attached hydrogens (primary N) is 3. The maximum absolute atomic E-state index is 5.43. The molecule has 50 valence electrons. The van der Waals surface area contributed by atoms with Gasteiger partial charge in [0.1, 0.15) is 5.00 Å². The summed E-state index contributed by atoms with van der Waals surface area (Å²) in [7, 11) is 0. The van der Waals surface area contributed by atoms with E-state index in [0.717, 1.165) is 0 Å². The lowest BCUT2D eigenvalue weighted by Gasteiger charge is -1.89. The number of rotatable bonds is 0. The molecular formula is C4H7N3S2. The minimum Gasteiger partial charge on any atom is -0.395 e. The monoisotopic (exact) mass is 161 g/mol. The molecule has 3 nitrogen and oxygen atoms in total. The quantitative estimate of drug-likeness (QED) is 0.425. The molecule has 5 heteroatoms. The third-order valence-electron chi connectivity index (χ3n) is 0.993. The fraction of sp³-hybridized carbons (Fsp3) is 0. The Morgan fingerprint density at radius 2 is 1.67 bits per heavy atom. The number of thiol groups is 1. The first kappa shape index (κ1) is 6.57. The van der Waals surface area contributed by atoms with Crippen molar-refractivity contribution in [2.24, 2.45) is 0 Å². The van der Waals surface area contributed by atoms with Crippen molar-refractivity contribution in [1.82, 2.24) is 0 Å². The van der Waals surface area contributed by atoms with Crippen molar-refractivity contribution >= 4 is 40.3 Å². The number of hydrogen-bond acceptors (Lipinski definition) is 5. The predicted molar refractivity (Wildman–Crippen MR) is 44.8 cm³/mol. The zero-order valence-electron chi connectivity index (χ0n) is 4.59. The van der Waals surface area contributed by atoms with Gasteiger partial charge in [-0.25, -0.2) is 0 Å². The average molecular weight is 161 g/mol. The Kier molecular flexibility index (Phi) is 1.46. The van der Waals surface area contributed by atoms with E-state index in [0.29, 0.717) is 20.6 Å². The molecule has 1 aromatic rings. The summed E-state index contributed by atoms with van der Waals surface area (Å²) in [6.45, 7) is 0. The van der Waals surface area contributed by atoms with Crippen molar-refractivity contribution in [3.8, 4) is 0 Å². The van der Waals surface area contributed by atoms with Crippen LogP contribution in [-0.2, 0) is 0 Å². The Morgan fingerprint density at radius 1 is 1.11 bits per heavy atom. The Morgan fingerprint density at radius 3 is 1.78 bits per heavy atom. The first-order chi connectivity index (χ1) is 4.13. The highest BCUT2D eigenvalue weighted by Crippen LogP contribution is 2.37. The van der Waals surface area contributed by atoms with Gasteiger partial charge < -0.3 is 17.2 Å². The molecule has 0 saturated carbocycles. The second-order valence-electron chi connectivity index (χ2n) is 1.60. The number of anilines is 3. The molecule has 0 atom stereocenters. The van der Waals surface area contributed by atoms with E-state index in [1.54, 1.807) is 0 Å². The van der Waals surface area contributed by atoms with Gasteiger partial charge in [-0.3, -0.25) is 0 Å². The molecule has 0 bridgehead atoms. The van der Waals surface area contributed by atoms with Gasteiger partial charge in [-0.2, -0.15) is 0 Å². The van der Waals surface area contributed by atoms with Crippen molar-refractivity contribution in [2.75, 3.05) is 17.2 Å². The van der Waals surface area contributed by atoms with Gasteiger partial charge in [0.25, 0.3) is 0 Å².